The van der Waals surface area contributed by atoms with Crippen molar-refractivity contribution in [1.82, 2.24) is 10.3 Å². The van der Waals surface area contributed by atoms with E-state index in [9.17, 15) is 9.59 Å². The van der Waals surface area contributed by atoms with Gasteiger partial charge in [-0.15, -0.1) is 0 Å². The second-order valence-corrected chi connectivity index (χ2v) is 5.49. The van der Waals surface area contributed by atoms with E-state index in [-0.39, 0.29) is 18.4 Å². The summed E-state index contributed by atoms with van der Waals surface area (Å²) in [6.07, 6.45) is 2.25. The summed E-state index contributed by atoms with van der Waals surface area (Å²) in [6.45, 7) is 3.71. The van der Waals surface area contributed by atoms with Gasteiger partial charge < -0.3 is 10.6 Å². The van der Waals surface area contributed by atoms with E-state index in [0.717, 1.165) is 11.1 Å². The van der Waals surface area contributed by atoms with Gasteiger partial charge in [0.15, 0.2) is 0 Å². The fourth-order valence-electron chi connectivity index (χ4n) is 2.09. The molecule has 0 radical (unpaired) electrons. The Morgan fingerprint density at radius 1 is 1.26 bits per heavy atom. The Labute approximate surface area is 140 Å². The number of amides is 2. The summed E-state index contributed by atoms with van der Waals surface area (Å²) in [4.78, 5) is 28.1. The molecule has 1 aromatic heterocycles. The molecule has 6 heteroatoms. The van der Waals surface area contributed by atoms with E-state index < -0.39 is 0 Å². The Balaban J connectivity index is 1.95. The molecule has 2 rings (SSSR count). The smallest absolute Gasteiger partial charge is 0.270 e. The number of hydrogen-bond acceptors (Lipinski definition) is 3. The molecule has 0 bridgehead atoms. The number of carbonyl (C=O) groups excluding carboxylic acids is 2. The van der Waals surface area contributed by atoms with Gasteiger partial charge >= 0.3 is 0 Å². The first-order valence-electron chi connectivity index (χ1n) is 7.29. The maximum absolute atomic E-state index is 12.1. The zero-order chi connectivity index (χ0) is 16.8. The lowest BCUT2D eigenvalue weighted by molar-refractivity contribution is -0.115. The summed E-state index contributed by atoms with van der Waals surface area (Å²) in [5.41, 5.74) is 2.70. The number of aryl methyl sites for hydroxylation is 2. The van der Waals surface area contributed by atoms with E-state index >= 15 is 0 Å². The third kappa shape index (κ3) is 4.53. The maximum Gasteiger partial charge on any atom is 0.270 e. The monoisotopic (exact) mass is 331 g/mol. The molecule has 23 heavy (non-hydrogen) atoms. The first-order valence-corrected chi connectivity index (χ1v) is 7.67. The minimum atomic E-state index is -0.368. The fourth-order valence-corrected chi connectivity index (χ4v) is 2.37. The van der Waals surface area contributed by atoms with Crippen LogP contribution in [0.5, 0.6) is 0 Å². The Morgan fingerprint density at radius 2 is 2.04 bits per heavy atom. The predicted octanol–water partition coefficient (Wildman–Crippen LogP) is 2.97. The summed E-state index contributed by atoms with van der Waals surface area (Å²) >= 11 is 6.06. The van der Waals surface area contributed by atoms with E-state index in [1.807, 2.05) is 26.0 Å². The van der Waals surface area contributed by atoms with Gasteiger partial charge in [-0.1, -0.05) is 30.7 Å². The number of pyridine rings is 1. The number of hydrogen-bond donors (Lipinski definition) is 2. The predicted molar refractivity (Wildman–Crippen MR) is 90.8 cm³/mol. The van der Waals surface area contributed by atoms with Gasteiger partial charge in [-0.25, -0.2) is 0 Å². The fraction of sp³-hybridized carbons (Fsp3) is 0.235. The highest BCUT2D eigenvalue weighted by molar-refractivity contribution is 6.33. The lowest BCUT2D eigenvalue weighted by atomic mass is 10.1. The minimum absolute atomic E-state index is 0.150. The molecule has 0 saturated heterocycles. The summed E-state index contributed by atoms with van der Waals surface area (Å²) in [5, 5.41) is 5.70. The number of aromatic nitrogens is 1. The van der Waals surface area contributed by atoms with Gasteiger partial charge in [-0.3, -0.25) is 14.6 Å². The molecular formula is C17H18ClN3O2. The average Bonchev–Trinajstić information content (AvgIpc) is 2.55. The van der Waals surface area contributed by atoms with Gasteiger partial charge in [0.05, 0.1) is 17.3 Å². The highest BCUT2D eigenvalue weighted by atomic mass is 35.5. The van der Waals surface area contributed by atoms with E-state index in [1.165, 1.54) is 0 Å². The third-order valence-electron chi connectivity index (χ3n) is 3.30. The second kappa shape index (κ2) is 7.74. The topological polar surface area (TPSA) is 71.1 Å². The Bertz CT molecular complexity index is 732. The molecular weight excluding hydrogens is 314 g/mol. The summed E-state index contributed by atoms with van der Waals surface area (Å²) in [6, 6.07) is 8.96. The van der Waals surface area contributed by atoms with Crippen LogP contribution in [0.2, 0.25) is 5.02 Å². The molecule has 0 aliphatic heterocycles. The largest absolute Gasteiger partial charge is 0.342 e. The highest BCUT2D eigenvalue weighted by Gasteiger charge is 2.13. The molecule has 1 heterocycles. The summed E-state index contributed by atoms with van der Waals surface area (Å²) in [5.74, 6) is -0.717. The molecule has 0 aliphatic carbocycles. The van der Waals surface area contributed by atoms with Crippen molar-refractivity contribution in [3.05, 3.63) is 58.4 Å². The van der Waals surface area contributed by atoms with Gasteiger partial charge in [0.2, 0.25) is 5.91 Å². The zero-order valence-corrected chi connectivity index (χ0v) is 13.8. The molecule has 1 aromatic carbocycles. The maximum atomic E-state index is 12.1. The molecule has 0 unspecified atom stereocenters. The van der Waals surface area contributed by atoms with Gasteiger partial charge in [0.25, 0.3) is 5.91 Å². The number of carbonyl (C=O) groups is 2. The molecule has 2 amide bonds. The normalized spacial score (nSPS) is 10.2. The van der Waals surface area contributed by atoms with Gasteiger partial charge in [0.1, 0.15) is 5.69 Å². The molecule has 0 fully saturated rings. The lowest BCUT2D eigenvalue weighted by Crippen LogP contribution is -2.33. The van der Waals surface area contributed by atoms with Gasteiger partial charge in [-0.05, 0) is 42.7 Å². The molecule has 0 saturated carbocycles. The lowest BCUT2D eigenvalue weighted by Gasteiger charge is -2.10. The molecule has 0 spiro atoms. The van der Waals surface area contributed by atoms with E-state index in [4.69, 9.17) is 11.6 Å². The highest BCUT2D eigenvalue weighted by Crippen LogP contribution is 2.22. The van der Waals surface area contributed by atoms with Crippen LogP contribution in [0.25, 0.3) is 0 Å². The van der Waals surface area contributed by atoms with Crippen LogP contribution in [0.1, 0.15) is 28.5 Å². The molecule has 5 nitrogen and oxygen atoms in total. The SMILES string of the molecule is CCc1cccnc1C(=O)NCC(=O)Nc1ccc(C)cc1Cl. The van der Waals surface area contributed by atoms with Crippen LogP contribution in [-0.2, 0) is 11.2 Å². The number of rotatable bonds is 5. The van der Waals surface area contributed by atoms with Crippen molar-refractivity contribution in [3.8, 4) is 0 Å². The van der Waals surface area contributed by atoms with Gasteiger partial charge in [0, 0.05) is 6.20 Å². The first kappa shape index (κ1) is 17.0. The minimum Gasteiger partial charge on any atom is -0.342 e. The van der Waals surface area contributed by atoms with Crippen molar-refractivity contribution in [2.45, 2.75) is 20.3 Å². The number of nitrogens with one attached hydrogen (secondary N) is 2. The third-order valence-corrected chi connectivity index (χ3v) is 3.61. The zero-order valence-electron chi connectivity index (χ0n) is 13.0. The van der Waals surface area contributed by atoms with E-state index in [1.54, 1.807) is 24.4 Å². The molecule has 0 atom stereocenters. The Hall–Kier alpha value is -2.40. The van der Waals surface area contributed by atoms with Crippen molar-refractivity contribution in [2.24, 2.45) is 0 Å². The van der Waals surface area contributed by atoms with Crippen LogP contribution in [0.3, 0.4) is 0 Å². The average molecular weight is 332 g/mol. The van der Waals surface area contributed by atoms with Crippen LogP contribution >= 0.6 is 11.6 Å². The quantitative estimate of drug-likeness (QED) is 0.884. The Morgan fingerprint density at radius 3 is 2.74 bits per heavy atom. The van der Waals surface area contributed by atoms with E-state index in [0.29, 0.717) is 22.8 Å². The van der Waals surface area contributed by atoms with Crippen molar-refractivity contribution in [2.75, 3.05) is 11.9 Å². The standard InChI is InChI=1S/C17H18ClN3O2/c1-3-12-5-4-8-19-16(12)17(23)20-10-15(22)21-14-7-6-11(2)9-13(14)18/h4-9H,3,10H2,1-2H3,(H,20,23)(H,21,22). The molecule has 0 aliphatic rings. The van der Waals surface area contributed by atoms with Crippen LogP contribution < -0.4 is 10.6 Å². The van der Waals surface area contributed by atoms with Crippen molar-refractivity contribution in [3.63, 3.8) is 0 Å². The number of benzene rings is 1. The first-order chi connectivity index (χ1) is 11.0. The summed E-state index contributed by atoms with van der Waals surface area (Å²) < 4.78 is 0. The number of nitrogens with zero attached hydrogens (tertiary/aromatic N) is 1. The van der Waals surface area contributed by atoms with Crippen LogP contribution in [0.15, 0.2) is 36.5 Å². The van der Waals surface area contributed by atoms with Crippen molar-refractivity contribution in [1.29, 1.82) is 0 Å². The summed E-state index contributed by atoms with van der Waals surface area (Å²) in [7, 11) is 0. The molecule has 2 aromatic rings. The van der Waals surface area contributed by atoms with Crippen LogP contribution in [-0.4, -0.2) is 23.3 Å². The number of halogens is 1. The van der Waals surface area contributed by atoms with Gasteiger partial charge in [-0.2, -0.15) is 0 Å². The Kier molecular flexibility index (Phi) is 5.71. The second-order valence-electron chi connectivity index (χ2n) is 5.08. The van der Waals surface area contributed by atoms with Crippen molar-refractivity contribution >= 4 is 29.1 Å². The van der Waals surface area contributed by atoms with E-state index in [2.05, 4.69) is 15.6 Å². The van der Waals surface area contributed by atoms with Crippen molar-refractivity contribution < 1.29 is 9.59 Å². The van der Waals surface area contributed by atoms with Crippen LogP contribution in [0, 0.1) is 6.92 Å². The van der Waals surface area contributed by atoms with Crippen LogP contribution in [0.4, 0.5) is 5.69 Å². The molecule has 2 N–H and O–H groups in total. The molecule has 120 valence electrons. The number of anilines is 1.